The number of esters is 1. The maximum Gasteiger partial charge on any atom is 0.320 e. The lowest BCUT2D eigenvalue weighted by Crippen LogP contribution is -2.48. The molecule has 0 bridgehead atoms. The Hall–Kier alpha value is -3.39. The number of carbonyl (C=O) groups excluding carboxylic acids is 1. The van der Waals surface area contributed by atoms with Gasteiger partial charge in [-0.1, -0.05) is 24.3 Å². The second-order valence-corrected chi connectivity index (χ2v) is 9.07. The van der Waals surface area contributed by atoms with Crippen molar-refractivity contribution in [1.82, 2.24) is 15.1 Å². The quantitative estimate of drug-likeness (QED) is 0.479. The van der Waals surface area contributed by atoms with Crippen molar-refractivity contribution < 1.29 is 9.53 Å². The van der Waals surface area contributed by atoms with Crippen LogP contribution in [-0.2, 0) is 9.53 Å². The lowest BCUT2D eigenvalue weighted by molar-refractivity contribution is -0.156. The summed E-state index contributed by atoms with van der Waals surface area (Å²) >= 11 is 0. The number of H-pyrrole nitrogens is 1. The summed E-state index contributed by atoms with van der Waals surface area (Å²) < 4.78 is 5.42. The Balaban J connectivity index is 1.47. The van der Waals surface area contributed by atoms with Crippen molar-refractivity contribution in [1.29, 1.82) is 0 Å². The molecule has 0 saturated carbocycles. The summed E-state index contributed by atoms with van der Waals surface area (Å²) in [7, 11) is 0. The molecule has 0 amide bonds. The van der Waals surface area contributed by atoms with Gasteiger partial charge in [0.15, 0.2) is 0 Å². The Kier molecular flexibility index (Phi) is 5.88. The number of anilines is 2. The predicted octanol–water partition coefficient (Wildman–Crippen LogP) is 2.64. The number of fused-ring (bicyclic) bond motifs is 1. The van der Waals surface area contributed by atoms with E-state index in [4.69, 9.17) is 10.5 Å². The number of aromatic nitrogens is 2. The van der Waals surface area contributed by atoms with Gasteiger partial charge in [-0.3, -0.25) is 14.5 Å². The fourth-order valence-electron chi connectivity index (χ4n) is 4.03. The van der Waals surface area contributed by atoms with E-state index in [1.54, 1.807) is 6.07 Å². The number of hydrogen-bond donors (Lipinski definition) is 2. The Morgan fingerprint density at radius 3 is 2.44 bits per heavy atom. The molecule has 0 atom stereocenters. The van der Waals surface area contributed by atoms with Crippen LogP contribution in [0.2, 0.25) is 0 Å². The Morgan fingerprint density at radius 2 is 1.78 bits per heavy atom. The second kappa shape index (κ2) is 8.63. The lowest BCUT2D eigenvalue weighted by Gasteiger charge is -2.36. The van der Waals surface area contributed by atoms with Crippen molar-refractivity contribution >= 4 is 28.1 Å². The van der Waals surface area contributed by atoms with E-state index >= 15 is 0 Å². The smallest absolute Gasteiger partial charge is 0.320 e. The van der Waals surface area contributed by atoms with Crippen LogP contribution >= 0.6 is 0 Å². The summed E-state index contributed by atoms with van der Waals surface area (Å²) in [5.41, 5.74) is 8.89. The van der Waals surface area contributed by atoms with Crippen LogP contribution in [0.5, 0.6) is 0 Å². The Morgan fingerprint density at radius 1 is 1.09 bits per heavy atom. The van der Waals surface area contributed by atoms with Crippen LogP contribution in [0, 0.1) is 0 Å². The van der Waals surface area contributed by atoms with E-state index in [1.807, 2.05) is 57.2 Å². The molecule has 3 N–H and O–H groups in total. The second-order valence-electron chi connectivity index (χ2n) is 9.07. The van der Waals surface area contributed by atoms with Gasteiger partial charge in [-0.25, -0.2) is 5.10 Å². The molecule has 1 aromatic heterocycles. The van der Waals surface area contributed by atoms with Crippen LogP contribution in [0.15, 0.2) is 47.3 Å². The first kappa shape index (κ1) is 21.8. The van der Waals surface area contributed by atoms with Gasteiger partial charge in [0.25, 0.3) is 5.56 Å². The van der Waals surface area contributed by atoms with Crippen molar-refractivity contribution in [3.05, 3.63) is 52.8 Å². The van der Waals surface area contributed by atoms with Crippen molar-refractivity contribution in [2.24, 2.45) is 0 Å². The summed E-state index contributed by atoms with van der Waals surface area (Å²) in [6, 6.07) is 13.3. The zero-order chi connectivity index (χ0) is 22.9. The number of nitrogens with zero attached hydrogens (tertiary/aromatic N) is 3. The van der Waals surface area contributed by atoms with Crippen molar-refractivity contribution in [3.63, 3.8) is 0 Å². The van der Waals surface area contributed by atoms with E-state index in [0.29, 0.717) is 23.3 Å². The molecule has 4 rings (SSSR count). The predicted molar refractivity (Wildman–Crippen MR) is 127 cm³/mol. The average molecular weight is 436 g/mol. The Labute approximate surface area is 187 Å². The highest BCUT2D eigenvalue weighted by Crippen LogP contribution is 2.31. The van der Waals surface area contributed by atoms with Crippen LogP contribution in [0.1, 0.15) is 20.8 Å². The normalized spacial score (nSPS) is 15.2. The third-order valence-corrected chi connectivity index (χ3v) is 5.48. The molecular formula is C24H29N5O3. The zero-order valence-electron chi connectivity index (χ0n) is 18.7. The van der Waals surface area contributed by atoms with Gasteiger partial charge in [-0.15, -0.1) is 0 Å². The molecule has 1 aliphatic rings. The molecule has 32 heavy (non-hydrogen) atoms. The minimum Gasteiger partial charge on any atom is -0.459 e. The molecule has 168 valence electrons. The summed E-state index contributed by atoms with van der Waals surface area (Å²) in [4.78, 5) is 28.5. The van der Waals surface area contributed by atoms with E-state index in [9.17, 15) is 9.59 Å². The fourth-order valence-corrected chi connectivity index (χ4v) is 4.03. The number of ether oxygens (including phenoxy) is 1. The SMILES string of the molecule is CC(C)(C)OC(=O)CN1CCN(c2ccc(-c3n[nH]c(=O)c4ccccc34)cc2N)CC1. The van der Waals surface area contributed by atoms with Gasteiger partial charge in [-0.2, -0.15) is 5.10 Å². The highest BCUT2D eigenvalue weighted by molar-refractivity contribution is 5.94. The molecule has 0 radical (unpaired) electrons. The van der Waals surface area contributed by atoms with Gasteiger partial charge >= 0.3 is 5.97 Å². The molecule has 1 saturated heterocycles. The molecule has 8 heteroatoms. The molecule has 2 aromatic carbocycles. The van der Waals surface area contributed by atoms with Gasteiger partial charge in [0.05, 0.1) is 29.0 Å². The standard InChI is InChI=1S/C24H29N5O3/c1-24(2,3)32-21(30)15-28-10-12-29(13-11-28)20-9-8-16(14-19(20)25)22-17-6-4-5-7-18(17)23(31)27-26-22/h4-9,14H,10-13,15,25H2,1-3H3,(H,27,31). The van der Waals surface area contributed by atoms with Crippen LogP contribution in [0.4, 0.5) is 11.4 Å². The minimum absolute atomic E-state index is 0.199. The highest BCUT2D eigenvalue weighted by atomic mass is 16.6. The topological polar surface area (TPSA) is 105 Å². The van der Waals surface area contributed by atoms with E-state index in [0.717, 1.165) is 42.8 Å². The number of aromatic amines is 1. The van der Waals surface area contributed by atoms with Gasteiger partial charge < -0.3 is 15.4 Å². The van der Waals surface area contributed by atoms with E-state index in [2.05, 4.69) is 20.0 Å². The van der Waals surface area contributed by atoms with Crippen molar-refractivity contribution in [2.45, 2.75) is 26.4 Å². The van der Waals surface area contributed by atoms with Crippen molar-refractivity contribution in [2.75, 3.05) is 43.4 Å². The molecule has 1 fully saturated rings. The number of rotatable bonds is 4. The Bertz CT molecular complexity index is 1190. The number of hydrogen-bond acceptors (Lipinski definition) is 7. The maximum absolute atomic E-state index is 12.1. The van der Waals surface area contributed by atoms with Crippen LogP contribution in [-0.4, -0.2) is 59.4 Å². The molecule has 1 aliphatic heterocycles. The molecular weight excluding hydrogens is 406 g/mol. The number of nitrogen functional groups attached to an aromatic ring is 1. The van der Waals surface area contributed by atoms with Gasteiger partial charge in [-0.05, 0) is 39.0 Å². The number of nitrogens with one attached hydrogen (secondary N) is 1. The average Bonchev–Trinajstić information content (AvgIpc) is 2.73. The summed E-state index contributed by atoms with van der Waals surface area (Å²) in [5.74, 6) is -0.199. The van der Waals surface area contributed by atoms with Gasteiger partial charge in [0.1, 0.15) is 5.60 Å². The van der Waals surface area contributed by atoms with Crippen LogP contribution in [0.3, 0.4) is 0 Å². The largest absolute Gasteiger partial charge is 0.459 e. The summed E-state index contributed by atoms with van der Waals surface area (Å²) in [6.07, 6.45) is 0. The minimum atomic E-state index is -0.471. The number of benzene rings is 2. The first-order valence-electron chi connectivity index (χ1n) is 10.8. The molecule has 0 unspecified atom stereocenters. The summed E-state index contributed by atoms with van der Waals surface area (Å²) in [6.45, 7) is 8.98. The third kappa shape index (κ3) is 4.75. The van der Waals surface area contributed by atoms with Gasteiger partial charge in [0.2, 0.25) is 0 Å². The van der Waals surface area contributed by atoms with Crippen molar-refractivity contribution in [3.8, 4) is 11.3 Å². The zero-order valence-corrected chi connectivity index (χ0v) is 18.7. The summed E-state index contributed by atoms with van der Waals surface area (Å²) in [5, 5.41) is 8.23. The van der Waals surface area contributed by atoms with E-state index < -0.39 is 5.60 Å². The molecule has 3 aromatic rings. The van der Waals surface area contributed by atoms with E-state index in [1.165, 1.54) is 0 Å². The first-order chi connectivity index (χ1) is 15.2. The maximum atomic E-state index is 12.1. The number of nitrogens with two attached hydrogens (primary N) is 1. The lowest BCUT2D eigenvalue weighted by atomic mass is 10.0. The first-order valence-corrected chi connectivity index (χ1v) is 10.8. The van der Waals surface area contributed by atoms with Crippen LogP contribution in [0.25, 0.3) is 22.0 Å². The number of piperazine rings is 1. The molecule has 0 aliphatic carbocycles. The molecule has 2 heterocycles. The molecule has 0 spiro atoms. The number of carbonyl (C=O) groups is 1. The van der Waals surface area contributed by atoms with Crippen LogP contribution < -0.4 is 16.2 Å². The molecule has 8 nitrogen and oxygen atoms in total. The van der Waals surface area contributed by atoms with E-state index in [-0.39, 0.29) is 11.5 Å². The third-order valence-electron chi connectivity index (χ3n) is 5.48. The fraction of sp³-hybridized carbons (Fsp3) is 0.375. The van der Waals surface area contributed by atoms with Gasteiger partial charge in [0, 0.05) is 37.1 Å². The highest BCUT2D eigenvalue weighted by Gasteiger charge is 2.23. The monoisotopic (exact) mass is 435 g/mol.